The fraction of sp³-hybridized carbons (Fsp3) is 0.182. The molecule has 226 valence electrons. The highest BCUT2D eigenvalue weighted by Crippen LogP contribution is 2.25. The van der Waals surface area contributed by atoms with Crippen LogP contribution in [-0.2, 0) is 21.9 Å². The van der Waals surface area contributed by atoms with Crippen LogP contribution >= 0.6 is 0 Å². The predicted molar refractivity (Wildman–Crippen MR) is 172 cm³/mol. The molecule has 0 bridgehead atoms. The van der Waals surface area contributed by atoms with Gasteiger partial charge in [-0.15, -0.1) is 0 Å². The molecular formula is C33H34N6O4S. The largest absolute Gasteiger partial charge is 0.318 e. The number of amides is 1. The minimum Gasteiger partial charge on any atom is -0.318 e. The number of carbonyl (C=O) groups excluding carboxylic acids is 1. The first-order valence-electron chi connectivity index (χ1n) is 14.0. The molecule has 1 amide bonds. The maximum absolute atomic E-state index is 13.9. The molecule has 0 aliphatic rings. The predicted octanol–water partition coefficient (Wildman–Crippen LogP) is 4.55. The lowest BCUT2D eigenvalue weighted by molar-refractivity contribution is -0.119. The Bertz CT molecular complexity index is 2010. The smallest absolute Gasteiger partial charge is 0.296 e. The number of para-hydroxylation sites is 1. The molecule has 3 aromatic carbocycles. The Morgan fingerprint density at radius 3 is 2.11 bits per heavy atom. The third kappa shape index (κ3) is 5.73. The van der Waals surface area contributed by atoms with Gasteiger partial charge >= 0.3 is 0 Å². The molecular weight excluding hydrogens is 576 g/mol. The first-order valence-corrected chi connectivity index (χ1v) is 15.4. The third-order valence-corrected chi connectivity index (χ3v) is 9.31. The highest BCUT2D eigenvalue weighted by atomic mass is 32.2. The normalized spacial score (nSPS) is 11.7. The third-order valence-electron chi connectivity index (χ3n) is 7.55. The van der Waals surface area contributed by atoms with E-state index in [1.807, 2.05) is 57.2 Å². The summed E-state index contributed by atoms with van der Waals surface area (Å²) >= 11 is 0. The molecule has 44 heavy (non-hydrogen) atoms. The number of hydrogen-bond donors (Lipinski definition) is 1. The van der Waals surface area contributed by atoms with Crippen LogP contribution in [0.4, 0.5) is 5.69 Å². The maximum Gasteiger partial charge on any atom is 0.296 e. The van der Waals surface area contributed by atoms with Crippen LogP contribution in [0.5, 0.6) is 0 Å². The van der Waals surface area contributed by atoms with Crippen LogP contribution in [0.1, 0.15) is 28.2 Å². The van der Waals surface area contributed by atoms with Crippen molar-refractivity contribution >= 4 is 27.8 Å². The van der Waals surface area contributed by atoms with Gasteiger partial charge in [-0.2, -0.15) is 5.10 Å². The van der Waals surface area contributed by atoms with E-state index in [9.17, 15) is 18.0 Å². The van der Waals surface area contributed by atoms with Gasteiger partial charge in [-0.05, 0) is 70.2 Å². The first-order chi connectivity index (χ1) is 21.0. The van der Waals surface area contributed by atoms with Crippen molar-refractivity contribution in [1.29, 1.82) is 0 Å². The van der Waals surface area contributed by atoms with E-state index >= 15 is 0 Å². The quantitative estimate of drug-likeness (QED) is 0.195. The van der Waals surface area contributed by atoms with Gasteiger partial charge in [-0.3, -0.25) is 14.3 Å². The average Bonchev–Trinajstić information content (AvgIpc) is 3.42. The van der Waals surface area contributed by atoms with Crippen molar-refractivity contribution < 1.29 is 13.2 Å². The fourth-order valence-corrected chi connectivity index (χ4v) is 6.69. The first kappa shape index (κ1) is 30.3. The number of nitrogens with zero attached hydrogens (tertiary/aromatic N) is 5. The number of nitrogens with one attached hydrogen (secondary N) is 1. The standard InChI is InChI=1S/C33H34N6O4S/c1-23-16-18-28(19-17-23)38-24(2)20-27(25(38)3)21-34-35-31(40)22-37(44(42,43)30-14-10-7-11-15-30)32-26(4)36(5)39(33(32)41)29-12-8-6-9-13-29/h6-21H,22H2,1-5H3,(H,35,40)/b34-21-. The van der Waals surface area contributed by atoms with E-state index in [2.05, 4.69) is 15.1 Å². The van der Waals surface area contributed by atoms with Gasteiger partial charge in [0, 0.05) is 29.7 Å². The summed E-state index contributed by atoms with van der Waals surface area (Å²) < 4.78 is 33.7. The van der Waals surface area contributed by atoms with Gasteiger partial charge in [0.25, 0.3) is 21.5 Å². The van der Waals surface area contributed by atoms with Gasteiger partial charge in [0.1, 0.15) is 12.2 Å². The van der Waals surface area contributed by atoms with Crippen molar-refractivity contribution in [2.75, 3.05) is 10.8 Å². The second kappa shape index (κ2) is 12.2. The molecule has 0 unspecified atom stereocenters. The van der Waals surface area contributed by atoms with Crippen LogP contribution in [0.25, 0.3) is 11.4 Å². The molecule has 2 heterocycles. The van der Waals surface area contributed by atoms with Gasteiger partial charge < -0.3 is 4.57 Å². The lowest BCUT2D eigenvalue weighted by Crippen LogP contribution is -2.42. The SMILES string of the molecule is Cc1ccc(-n2c(C)cc(/C=N\NC(=O)CN(c3c(C)n(C)n(-c4ccccc4)c3=O)S(=O)(=O)c3ccccc3)c2C)cc1. The zero-order valence-electron chi connectivity index (χ0n) is 25.2. The van der Waals surface area contributed by atoms with Crippen LogP contribution in [0.15, 0.2) is 106 Å². The summed E-state index contributed by atoms with van der Waals surface area (Å²) in [5.41, 5.74) is 7.57. The second-order valence-electron chi connectivity index (χ2n) is 10.5. The van der Waals surface area contributed by atoms with Crippen molar-refractivity contribution in [3.05, 3.63) is 130 Å². The number of sulfonamides is 1. The number of carbonyl (C=O) groups is 1. The van der Waals surface area contributed by atoms with Crippen molar-refractivity contribution in [2.45, 2.75) is 32.6 Å². The lowest BCUT2D eigenvalue weighted by atomic mass is 10.2. The van der Waals surface area contributed by atoms with Crippen molar-refractivity contribution in [2.24, 2.45) is 12.1 Å². The van der Waals surface area contributed by atoms with Crippen molar-refractivity contribution in [3.8, 4) is 11.4 Å². The zero-order chi connectivity index (χ0) is 31.6. The van der Waals surface area contributed by atoms with Crippen molar-refractivity contribution in [3.63, 3.8) is 0 Å². The molecule has 0 atom stereocenters. The number of aryl methyl sites for hydroxylation is 2. The summed E-state index contributed by atoms with van der Waals surface area (Å²) in [5, 5.41) is 4.13. The summed E-state index contributed by atoms with van der Waals surface area (Å²) in [5.74, 6) is -0.706. The van der Waals surface area contributed by atoms with Crippen LogP contribution < -0.4 is 15.3 Å². The molecule has 10 nitrogen and oxygen atoms in total. The van der Waals surface area contributed by atoms with Crippen molar-refractivity contribution in [1.82, 2.24) is 19.4 Å². The summed E-state index contributed by atoms with van der Waals surface area (Å²) in [6.07, 6.45) is 1.52. The van der Waals surface area contributed by atoms with E-state index in [0.29, 0.717) is 11.4 Å². The van der Waals surface area contributed by atoms with Crippen LogP contribution in [-0.4, -0.2) is 41.0 Å². The van der Waals surface area contributed by atoms with Crippen LogP contribution in [0.2, 0.25) is 0 Å². The fourth-order valence-electron chi connectivity index (χ4n) is 5.19. The topological polar surface area (TPSA) is 111 Å². The van der Waals surface area contributed by atoms with Crippen LogP contribution in [0, 0.1) is 27.7 Å². The minimum absolute atomic E-state index is 0.0474. The molecule has 1 N–H and O–H groups in total. The molecule has 0 aliphatic heterocycles. The van der Waals surface area contributed by atoms with Gasteiger partial charge in [0.05, 0.1) is 22.5 Å². The number of anilines is 1. The van der Waals surface area contributed by atoms with Gasteiger partial charge in [0.2, 0.25) is 0 Å². The Labute approximate surface area is 256 Å². The Morgan fingerprint density at radius 1 is 0.864 bits per heavy atom. The highest BCUT2D eigenvalue weighted by molar-refractivity contribution is 7.92. The van der Waals surface area contributed by atoms with E-state index in [1.165, 1.54) is 23.0 Å². The summed E-state index contributed by atoms with van der Waals surface area (Å²) in [7, 11) is -2.64. The monoisotopic (exact) mass is 610 g/mol. The summed E-state index contributed by atoms with van der Waals surface area (Å²) in [6.45, 7) is 6.96. The van der Waals surface area contributed by atoms with Crippen LogP contribution in [0.3, 0.4) is 0 Å². The van der Waals surface area contributed by atoms with E-state index in [-0.39, 0.29) is 10.6 Å². The molecule has 2 aromatic heterocycles. The van der Waals surface area contributed by atoms with Gasteiger partial charge in [0.15, 0.2) is 0 Å². The highest BCUT2D eigenvalue weighted by Gasteiger charge is 2.33. The lowest BCUT2D eigenvalue weighted by Gasteiger charge is -2.22. The molecule has 5 aromatic rings. The van der Waals surface area contributed by atoms with E-state index in [1.54, 1.807) is 61.1 Å². The number of rotatable bonds is 9. The van der Waals surface area contributed by atoms with E-state index < -0.39 is 28.0 Å². The number of hydrogen-bond acceptors (Lipinski definition) is 5. The van der Waals surface area contributed by atoms with Gasteiger partial charge in [-0.25, -0.2) is 22.8 Å². The maximum atomic E-state index is 13.9. The van der Waals surface area contributed by atoms with E-state index in [4.69, 9.17) is 0 Å². The molecule has 0 spiro atoms. The number of aromatic nitrogens is 3. The van der Waals surface area contributed by atoms with Gasteiger partial charge in [-0.1, -0.05) is 54.1 Å². The minimum atomic E-state index is -4.31. The number of hydrazone groups is 1. The average molecular weight is 611 g/mol. The molecule has 0 saturated heterocycles. The summed E-state index contributed by atoms with van der Waals surface area (Å²) in [6, 6.07) is 26.7. The number of benzene rings is 3. The second-order valence-corrected chi connectivity index (χ2v) is 12.4. The molecule has 0 aliphatic carbocycles. The molecule has 11 heteroatoms. The Kier molecular flexibility index (Phi) is 8.41. The molecule has 0 fully saturated rings. The molecule has 0 saturated carbocycles. The van der Waals surface area contributed by atoms with E-state index in [0.717, 1.165) is 32.5 Å². The Morgan fingerprint density at radius 2 is 1.48 bits per heavy atom. The Hall–Kier alpha value is -5.16. The zero-order valence-corrected chi connectivity index (χ0v) is 26.0. The molecule has 0 radical (unpaired) electrons. The summed E-state index contributed by atoms with van der Waals surface area (Å²) in [4.78, 5) is 27.0. The Balaban J connectivity index is 1.46. The molecule has 5 rings (SSSR count).